The molecule has 3 heterocycles. The summed E-state index contributed by atoms with van der Waals surface area (Å²) in [5.41, 5.74) is 1.45. The van der Waals surface area contributed by atoms with Crippen molar-refractivity contribution in [2.45, 2.75) is 19.0 Å². The van der Waals surface area contributed by atoms with Gasteiger partial charge in [0.05, 0.1) is 13.2 Å². The quantitative estimate of drug-likeness (QED) is 0.834. The molecule has 20 heavy (non-hydrogen) atoms. The third kappa shape index (κ3) is 3.38. The molecule has 2 N–H and O–H groups in total. The van der Waals surface area contributed by atoms with Crippen LogP contribution in [-0.2, 0) is 22.5 Å². The number of rotatable bonds is 4. The van der Waals surface area contributed by atoms with E-state index in [9.17, 15) is 4.79 Å². The molecule has 0 radical (unpaired) electrons. The van der Waals surface area contributed by atoms with Gasteiger partial charge < -0.3 is 15.4 Å². The molecule has 1 aromatic rings. The maximum Gasteiger partial charge on any atom is 0.239 e. The number of carbonyl (C=O) groups is 1. The molecule has 0 aliphatic carbocycles. The van der Waals surface area contributed by atoms with Crippen molar-refractivity contribution in [3.8, 4) is 0 Å². The van der Waals surface area contributed by atoms with Crippen LogP contribution in [0.3, 0.4) is 0 Å². The molecule has 5 nitrogen and oxygen atoms in total. The fourth-order valence-electron chi connectivity index (χ4n) is 2.69. The van der Waals surface area contributed by atoms with Crippen LogP contribution >= 0.6 is 11.3 Å². The van der Waals surface area contributed by atoms with E-state index in [2.05, 4.69) is 27.0 Å². The van der Waals surface area contributed by atoms with Crippen LogP contribution in [0.15, 0.2) is 11.4 Å². The minimum atomic E-state index is -0.186. The zero-order valence-electron chi connectivity index (χ0n) is 11.6. The Morgan fingerprint density at radius 1 is 1.60 bits per heavy atom. The first kappa shape index (κ1) is 14.0. The standard InChI is InChI=1S/C14H21N3O2S/c18-14(12-10-19-7-4-15-12)16-3-6-17-5-1-13-11(9-17)2-8-20-13/h2,8,12,15H,1,3-7,9-10H2,(H,16,18). The zero-order chi connectivity index (χ0) is 13.8. The molecule has 0 bridgehead atoms. The van der Waals surface area contributed by atoms with Crippen LogP contribution in [0.4, 0.5) is 0 Å². The summed E-state index contributed by atoms with van der Waals surface area (Å²) in [4.78, 5) is 15.9. The topological polar surface area (TPSA) is 53.6 Å². The molecule has 2 aliphatic heterocycles. The first-order valence-electron chi connectivity index (χ1n) is 7.19. The van der Waals surface area contributed by atoms with E-state index in [1.165, 1.54) is 10.4 Å². The van der Waals surface area contributed by atoms with Gasteiger partial charge in [-0.25, -0.2) is 0 Å². The van der Waals surface area contributed by atoms with Crippen molar-refractivity contribution in [3.63, 3.8) is 0 Å². The smallest absolute Gasteiger partial charge is 0.239 e. The second-order valence-corrected chi connectivity index (χ2v) is 6.27. The van der Waals surface area contributed by atoms with Crippen LogP contribution in [-0.4, -0.2) is 56.2 Å². The molecule has 1 fully saturated rings. The normalized spacial score (nSPS) is 23.3. The summed E-state index contributed by atoms with van der Waals surface area (Å²) < 4.78 is 5.30. The number of nitrogens with zero attached hydrogens (tertiary/aromatic N) is 1. The largest absolute Gasteiger partial charge is 0.378 e. The van der Waals surface area contributed by atoms with Gasteiger partial charge in [-0.05, 0) is 23.4 Å². The number of amides is 1. The van der Waals surface area contributed by atoms with Crippen LogP contribution in [0.1, 0.15) is 10.4 Å². The third-order valence-electron chi connectivity index (χ3n) is 3.85. The molecular weight excluding hydrogens is 274 g/mol. The van der Waals surface area contributed by atoms with Gasteiger partial charge in [0, 0.05) is 37.6 Å². The average molecular weight is 295 g/mol. The van der Waals surface area contributed by atoms with Gasteiger partial charge in [0.25, 0.3) is 0 Å². The fraction of sp³-hybridized carbons (Fsp3) is 0.643. The third-order valence-corrected chi connectivity index (χ3v) is 4.88. The van der Waals surface area contributed by atoms with E-state index in [0.717, 1.165) is 32.6 Å². The fourth-order valence-corrected chi connectivity index (χ4v) is 3.58. The van der Waals surface area contributed by atoms with E-state index in [1.807, 2.05) is 11.3 Å². The van der Waals surface area contributed by atoms with Gasteiger partial charge in [-0.1, -0.05) is 0 Å². The van der Waals surface area contributed by atoms with E-state index >= 15 is 0 Å². The number of ether oxygens (including phenoxy) is 1. The highest BCUT2D eigenvalue weighted by Crippen LogP contribution is 2.23. The summed E-state index contributed by atoms with van der Waals surface area (Å²) in [6, 6.07) is 2.03. The molecule has 1 saturated heterocycles. The van der Waals surface area contributed by atoms with E-state index in [-0.39, 0.29) is 11.9 Å². The molecule has 1 amide bonds. The van der Waals surface area contributed by atoms with Gasteiger partial charge in [-0.3, -0.25) is 9.69 Å². The van der Waals surface area contributed by atoms with Gasteiger partial charge in [-0.2, -0.15) is 0 Å². The second kappa shape index (κ2) is 6.67. The monoisotopic (exact) mass is 295 g/mol. The van der Waals surface area contributed by atoms with Crippen molar-refractivity contribution in [2.75, 3.05) is 39.4 Å². The first-order chi connectivity index (χ1) is 9.83. The van der Waals surface area contributed by atoms with Crippen molar-refractivity contribution in [1.29, 1.82) is 0 Å². The minimum absolute atomic E-state index is 0.0536. The summed E-state index contributed by atoms with van der Waals surface area (Å²) in [5.74, 6) is 0.0536. The van der Waals surface area contributed by atoms with Crippen LogP contribution in [0.25, 0.3) is 0 Å². The second-order valence-electron chi connectivity index (χ2n) is 5.27. The number of fused-ring (bicyclic) bond motifs is 1. The molecule has 1 atom stereocenters. The lowest BCUT2D eigenvalue weighted by molar-refractivity contribution is -0.125. The number of carbonyl (C=O) groups excluding carboxylic acids is 1. The summed E-state index contributed by atoms with van der Waals surface area (Å²) in [6.45, 7) is 5.65. The Morgan fingerprint density at radius 2 is 2.55 bits per heavy atom. The lowest BCUT2D eigenvalue weighted by Crippen LogP contribution is -2.52. The molecule has 0 aromatic carbocycles. The first-order valence-corrected chi connectivity index (χ1v) is 8.07. The van der Waals surface area contributed by atoms with Gasteiger partial charge >= 0.3 is 0 Å². The van der Waals surface area contributed by atoms with Crippen LogP contribution in [0.5, 0.6) is 0 Å². The highest BCUT2D eigenvalue weighted by atomic mass is 32.1. The van der Waals surface area contributed by atoms with Gasteiger partial charge in [0.1, 0.15) is 6.04 Å². The number of thiophene rings is 1. The molecule has 1 aromatic heterocycles. The van der Waals surface area contributed by atoms with Crippen molar-refractivity contribution in [2.24, 2.45) is 0 Å². The maximum absolute atomic E-state index is 11.9. The Hall–Kier alpha value is -0.950. The summed E-state index contributed by atoms with van der Waals surface area (Å²) in [7, 11) is 0. The van der Waals surface area contributed by atoms with Crippen molar-refractivity contribution in [3.05, 3.63) is 21.9 Å². The number of morpholine rings is 1. The number of hydrogen-bond donors (Lipinski definition) is 2. The van der Waals surface area contributed by atoms with Crippen LogP contribution in [0.2, 0.25) is 0 Å². The summed E-state index contributed by atoms with van der Waals surface area (Å²) in [5, 5.41) is 8.34. The zero-order valence-corrected chi connectivity index (χ0v) is 12.4. The van der Waals surface area contributed by atoms with E-state index in [4.69, 9.17) is 4.74 Å². The summed E-state index contributed by atoms with van der Waals surface area (Å²) >= 11 is 1.86. The van der Waals surface area contributed by atoms with Crippen LogP contribution in [0, 0.1) is 0 Å². The Balaban J connectivity index is 1.39. The Morgan fingerprint density at radius 3 is 3.40 bits per heavy atom. The molecular formula is C14H21N3O2S. The Bertz CT molecular complexity index is 457. The Kier molecular flexibility index (Phi) is 4.67. The van der Waals surface area contributed by atoms with Gasteiger partial charge in [-0.15, -0.1) is 11.3 Å². The van der Waals surface area contributed by atoms with E-state index in [1.54, 1.807) is 0 Å². The van der Waals surface area contributed by atoms with E-state index in [0.29, 0.717) is 19.8 Å². The highest BCUT2D eigenvalue weighted by Gasteiger charge is 2.21. The predicted molar refractivity (Wildman–Crippen MR) is 78.9 cm³/mol. The highest BCUT2D eigenvalue weighted by molar-refractivity contribution is 7.10. The Labute approximate surface area is 123 Å². The SMILES string of the molecule is O=C(NCCN1CCc2sccc2C1)C1COCCN1. The molecule has 110 valence electrons. The lowest BCUT2D eigenvalue weighted by Gasteiger charge is -2.27. The maximum atomic E-state index is 11.9. The predicted octanol–water partition coefficient (Wildman–Crippen LogP) is 0.211. The average Bonchev–Trinajstić information content (AvgIpc) is 2.95. The van der Waals surface area contributed by atoms with Crippen molar-refractivity contribution in [1.82, 2.24) is 15.5 Å². The van der Waals surface area contributed by atoms with Gasteiger partial charge in [0.2, 0.25) is 5.91 Å². The molecule has 2 aliphatic rings. The lowest BCUT2D eigenvalue weighted by atomic mass is 10.1. The van der Waals surface area contributed by atoms with Crippen LogP contribution < -0.4 is 10.6 Å². The summed E-state index contributed by atoms with van der Waals surface area (Å²) in [6.07, 6.45) is 1.14. The molecule has 1 unspecified atom stereocenters. The molecule has 0 spiro atoms. The molecule has 6 heteroatoms. The van der Waals surface area contributed by atoms with E-state index < -0.39 is 0 Å². The van der Waals surface area contributed by atoms with Crippen molar-refractivity contribution >= 4 is 17.2 Å². The molecule has 3 rings (SSSR count). The minimum Gasteiger partial charge on any atom is -0.378 e. The molecule has 0 saturated carbocycles. The van der Waals surface area contributed by atoms with Gasteiger partial charge in [0.15, 0.2) is 0 Å². The number of nitrogens with one attached hydrogen (secondary N) is 2. The van der Waals surface area contributed by atoms with Crippen molar-refractivity contribution < 1.29 is 9.53 Å². The number of hydrogen-bond acceptors (Lipinski definition) is 5.